The summed E-state index contributed by atoms with van der Waals surface area (Å²) in [6, 6.07) is 13.2. The van der Waals surface area contributed by atoms with Crippen LogP contribution in [0.1, 0.15) is 41.4 Å². The van der Waals surface area contributed by atoms with Gasteiger partial charge in [0.05, 0.1) is 5.56 Å². The standard InChI is InChI=1S/C20H23NO3/c1-3-21(4-2)12-13-24-20(23)17-11-7-10-15-14-8-5-6-9-16(14)19(22)18(15)17/h5-11,19,22H,3-4,12-13H2,1-2H3. The van der Waals surface area contributed by atoms with Crippen molar-refractivity contribution in [1.82, 2.24) is 4.90 Å². The number of benzene rings is 2. The topological polar surface area (TPSA) is 49.8 Å². The summed E-state index contributed by atoms with van der Waals surface area (Å²) in [6.07, 6.45) is -0.775. The van der Waals surface area contributed by atoms with Crippen molar-refractivity contribution in [3.63, 3.8) is 0 Å². The minimum atomic E-state index is -0.775. The molecule has 1 N–H and O–H groups in total. The van der Waals surface area contributed by atoms with Crippen LogP contribution in [0.15, 0.2) is 42.5 Å². The third kappa shape index (κ3) is 2.95. The zero-order valence-electron chi connectivity index (χ0n) is 14.2. The third-order valence-corrected chi connectivity index (χ3v) is 4.68. The number of hydrogen-bond donors (Lipinski definition) is 1. The summed E-state index contributed by atoms with van der Waals surface area (Å²) in [4.78, 5) is 14.7. The average molecular weight is 325 g/mol. The van der Waals surface area contributed by atoms with Crippen molar-refractivity contribution in [2.24, 2.45) is 0 Å². The number of carbonyl (C=O) groups is 1. The maximum absolute atomic E-state index is 12.5. The van der Waals surface area contributed by atoms with Gasteiger partial charge in [-0.05, 0) is 35.8 Å². The van der Waals surface area contributed by atoms with E-state index < -0.39 is 6.10 Å². The number of nitrogens with zero attached hydrogens (tertiary/aromatic N) is 1. The van der Waals surface area contributed by atoms with Gasteiger partial charge in [0.2, 0.25) is 0 Å². The molecule has 3 rings (SSSR count). The smallest absolute Gasteiger partial charge is 0.338 e. The SMILES string of the molecule is CCN(CC)CCOC(=O)c1cccc2c1C(O)c1ccccc1-2. The van der Waals surface area contributed by atoms with E-state index in [0.717, 1.165) is 36.3 Å². The second-order valence-corrected chi connectivity index (χ2v) is 5.92. The first-order valence-corrected chi connectivity index (χ1v) is 8.47. The van der Waals surface area contributed by atoms with Crippen molar-refractivity contribution in [1.29, 1.82) is 0 Å². The van der Waals surface area contributed by atoms with Gasteiger partial charge in [0.15, 0.2) is 0 Å². The summed E-state index contributed by atoms with van der Waals surface area (Å²) < 4.78 is 5.44. The maximum Gasteiger partial charge on any atom is 0.338 e. The summed E-state index contributed by atoms with van der Waals surface area (Å²) in [6.45, 7) is 7.11. The number of ether oxygens (including phenoxy) is 1. The fourth-order valence-corrected chi connectivity index (χ4v) is 3.29. The van der Waals surface area contributed by atoms with E-state index in [1.807, 2.05) is 36.4 Å². The Labute approximate surface area is 142 Å². The molecule has 2 aromatic rings. The van der Waals surface area contributed by atoms with Crippen LogP contribution >= 0.6 is 0 Å². The van der Waals surface area contributed by atoms with Crippen molar-refractivity contribution in [2.75, 3.05) is 26.2 Å². The number of hydrogen-bond acceptors (Lipinski definition) is 4. The molecule has 0 radical (unpaired) electrons. The minimum Gasteiger partial charge on any atom is -0.461 e. The number of aliphatic hydroxyl groups excluding tert-OH is 1. The molecule has 1 aliphatic rings. The zero-order chi connectivity index (χ0) is 17.1. The van der Waals surface area contributed by atoms with Crippen molar-refractivity contribution in [2.45, 2.75) is 20.0 Å². The lowest BCUT2D eigenvalue weighted by atomic mass is 10.0. The van der Waals surface area contributed by atoms with Crippen molar-refractivity contribution in [3.8, 4) is 11.1 Å². The first kappa shape index (κ1) is 16.7. The molecule has 0 spiro atoms. The Bertz CT molecular complexity index is 737. The monoisotopic (exact) mass is 325 g/mol. The molecule has 1 aliphatic carbocycles. The molecule has 0 saturated carbocycles. The van der Waals surface area contributed by atoms with Crippen LogP contribution in [-0.2, 0) is 4.74 Å². The molecule has 1 atom stereocenters. The zero-order valence-corrected chi connectivity index (χ0v) is 14.2. The average Bonchev–Trinajstić information content (AvgIpc) is 2.92. The predicted molar refractivity (Wildman–Crippen MR) is 94.0 cm³/mol. The van der Waals surface area contributed by atoms with Crippen LogP contribution in [0, 0.1) is 0 Å². The molecular formula is C20H23NO3. The molecule has 24 heavy (non-hydrogen) atoms. The molecular weight excluding hydrogens is 302 g/mol. The van der Waals surface area contributed by atoms with E-state index in [1.165, 1.54) is 0 Å². The quantitative estimate of drug-likeness (QED) is 0.828. The van der Waals surface area contributed by atoms with Crippen LogP contribution in [0.4, 0.5) is 0 Å². The number of likely N-dealkylation sites (N-methyl/N-ethyl adjacent to an activating group) is 1. The van der Waals surface area contributed by atoms with Crippen LogP contribution < -0.4 is 0 Å². The fourth-order valence-electron chi connectivity index (χ4n) is 3.29. The fraction of sp³-hybridized carbons (Fsp3) is 0.350. The molecule has 4 heteroatoms. The van der Waals surface area contributed by atoms with Gasteiger partial charge in [-0.3, -0.25) is 0 Å². The highest BCUT2D eigenvalue weighted by molar-refractivity contribution is 5.96. The van der Waals surface area contributed by atoms with Crippen LogP contribution in [-0.4, -0.2) is 42.2 Å². The Hall–Kier alpha value is -2.17. The van der Waals surface area contributed by atoms with E-state index in [-0.39, 0.29) is 5.97 Å². The Balaban J connectivity index is 1.80. The van der Waals surface area contributed by atoms with E-state index in [1.54, 1.807) is 6.07 Å². The third-order valence-electron chi connectivity index (χ3n) is 4.68. The summed E-state index contributed by atoms with van der Waals surface area (Å²) >= 11 is 0. The Morgan fingerprint density at radius 2 is 1.79 bits per heavy atom. The number of aliphatic hydroxyl groups is 1. The maximum atomic E-state index is 12.5. The van der Waals surface area contributed by atoms with Gasteiger partial charge in [0.1, 0.15) is 12.7 Å². The number of esters is 1. The van der Waals surface area contributed by atoms with E-state index in [0.29, 0.717) is 17.7 Å². The molecule has 0 aliphatic heterocycles. The lowest BCUT2D eigenvalue weighted by molar-refractivity contribution is 0.0462. The van der Waals surface area contributed by atoms with E-state index in [9.17, 15) is 9.90 Å². The Morgan fingerprint density at radius 1 is 1.08 bits per heavy atom. The summed E-state index contributed by atoms with van der Waals surface area (Å²) in [5.41, 5.74) is 3.85. The molecule has 0 saturated heterocycles. The highest BCUT2D eigenvalue weighted by atomic mass is 16.5. The first-order chi connectivity index (χ1) is 11.7. The molecule has 4 nitrogen and oxygen atoms in total. The van der Waals surface area contributed by atoms with E-state index in [2.05, 4.69) is 18.7 Å². The van der Waals surface area contributed by atoms with Gasteiger partial charge >= 0.3 is 5.97 Å². The normalized spacial score (nSPS) is 15.2. The highest BCUT2D eigenvalue weighted by Crippen LogP contribution is 2.44. The predicted octanol–water partition coefficient (Wildman–Crippen LogP) is 3.25. The van der Waals surface area contributed by atoms with Crippen LogP contribution in [0.2, 0.25) is 0 Å². The Kier molecular flexibility index (Phi) is 4.97. The van der Waals surface area contributed by atoms with E-state index in [4.69, 9.17) is 4.74 Å². The second kappa shape index (κ2) is 7.16. The first-order valence-electron chi connectivity index (χ1n) is 8.47. The molecule has 1 unspecified atom stereocenters. The van der Waals surface area contributed by atoms with Gasteiger partial charge in [-0.15, -0.1) is 0 Å². The van der Waals surface area contributed by atoms with Crippen LogP contribution in [0.3, 0.4) is 0 Å². The largest absolute Gasteiger partial charge is 0.461 e. The summed E-state index contributed by atoms with van der Waals surface area (Å²) in [5, 5.41) is 10.6. The van der Waals surface area contributed by atoms with Crippen LogP contribution in [0.25, 0.3) is 11.1 Å². The van der Waals surface area contributed by atoms with Crippen molar-refractivity contribution in [3.05, 3.63) is 59.2 Å². The summed E-state index contributed by atoms with van der Waals surface area (Å²) in [7, 11) is 0. The van der Waals surface area contributed by atoms with Crippen molar-refractivity contribution < 1.29 is 14.6 Å². The Morgan fingerprint density at radius 3 is 2.54 bits per heavy atom. The molecule has 2 aromatic carbocycles. The van der Waals surface area contributed by atoms with Gasteiger partial charge < -0.3 is 14.7 Å². The van der Waals surface area contributed by atoms with Gasteiger partial charge in [0, 0.05) is 12.1 Å². The molecule has 0 heterocycles. The molecule has 126 valence electrons. The number of fused-ring (bicyclic) bond motifs is 3. The molecule has 0 fully saturated rings. The lowest BCUT2D eigenvalue weighted by Crippen LogP contribution is -2.28. The van der Waals surface area contributed by atoms with E-state index >= 15 is 0 Å². The number of carbonyl (C=O) groups excluding carboxylic acids is 1. The van der Waals surface area contributed by atoms with Gasteiger partial charge in [-0.2, -0.15) is 0 Å². The molecule has 0 aromatic heterocycles. The van der Waals surface area contributed by atoms with Gasteiger partial charge in [0.25, 0.3) is 0 Å². The van der Waals surface area contributed by atoms with Crippen molar-refractivity contribution >= 4 is 5.97 Å². The lowest BCUT2D eigenvalue weighted by Gasteiger charge is -2.18. The molecule has 0 bridgehead atoms. The number of rotatable bonds is 6. The van der Waals surface area contributed by atoms with Crippen LogP contribution in [0.5, 0.6) is 0 Å². The minimum absolute atomic E-state index is 0.354. The molecule has 0 amide bonds. The summed E-state index contributed by atoms with van der Waals surface area (Å²) in [5.74, 6) is -0.370. The second-order valence-electron chi connectivity index (χ2n) is 5.92. The van der Waals surface area contributed by atoms with Gasteiger partial charge in [-0.1, -0.05) is 50.2 Å². The highest BCUT2D eigenvalue weighted by Gasteiger charge is 2.31. The van der Waals surface area contributed by atoms with Gasteiger partial charge in [-0.25, -0.2) is 4.79 Å².